The summed E-state index contributed by atoms with van der Waals surface area (Å²) < 4.78 is -0.371. The average molecular weight is 193 g/mol. The predicted molar refractivity (Wildman–Crippen MR) is 62.2 cm³/mol. The fraction of sp³-hybridized carbons (Fsp3) is 0.500. The summed E-state index contributed by atoms with van der Waals surface area (Å²) in [5.74, 6) is 0. The number of hydrogen-bond acceptors (Lipinski definition) is 1. The summed E-state index contributed by atoms with van der Waals surface area (Å²) in [5, 5.41) is 11.6. The van der Waals surface area contributed by atoms with Crippen LogP contribution in [-0.4, -0.2) is 14.1 Å². The lowest BCUT2D eigenvalue weighted by atomic mass is 9.87. The minimum atomic E-state index is -0.371. The topological polar surface area (TPSA) is 23.1 Å². The molecular formula is C12H19NO. The van der Waals surface area contributed by atoms with E-state index in [1.807, 2.05) is 24.3 Å². The summed E-state index contributed by atoms with van der Waals surface area (Å²) >= 11 is 0. The summed E-state index contributed by atoms with van der Waals surface area (Å²) in [7, 11) is 3.26. The van der Waals surface area contributed by atoms with E-state index in [1.165, 1.54) is 5.56 Å². The molecule has 2 heteroatoms. The Hall–Kier alpha value is -0.860. The minimum Gasteiger partial charge on any atom is -0.628 e. The van der Waals surface area contributed by atoms with Crippen molar-refractivity contribution in [1.29, 1.82) is 0 Å². The van der Waals surface area contributed by atoms with Gasteiger partial charge in [0.15, 0.2) is 0 Å². The molecule has 2 nitrogen and oxygen atoms in total. The number of hydroxylamine groups is 2. The molecular weight excluding hydrogens is 174 g/mol. The zero-order chi connectivity index (χ0) is 11.0. The van der Waals surface area contributed by atoms with Crippen LogP contribution < -0.4 is 4.65 Å². The first-order valence-electron chi connectivity index (χ1n) is 4.87. The van der Waals surface area contributed by atoms with Crippen LogP contribution in [0.1, 0.15) is 26.3 Å². The van der Waals surface area contributed by atoms with E-state index in [9.17, 15) is 5.21 Å². The molecule has 0 radical (unpaired) electrons. The molecule has 0 saturated heterocycles. The van der Waals surface area contributed by atoms with Gasteiger partial charge in [-0.3, -0.25) is 0 Å². The van der Waals surface area contributed by atoms with Crippen molar-refractivity contribution in [2.45, 2.75) is 26.2 Å². The smallest absolute Gasteiger partial charge is 0.132 e. The molecule has 1 aromatic carbocycles. The van der Waals surface area contributed by atoms with E-state index in [0.717, 1.165) is 5.69 Å². The van der Waals surface area contributed by atoms with Gasteiger partial charge < -0.3 is 9.85 Å². The van der Waals surface area contributed by atoms with Crippen molar-refractivity contribution in [2.24, 2.45) is 0 Å². The van der Waals surface area contributed by atoms with Crippen LogP contribution in [0, 0.1) is 5.21 Å². The van der Waals surface area contributed by atoms with Crippen LogP contribution in [0.25, 0.3) is 0 Å². The molecule has 0 spiro atoms. The lowest BCUT2D eigenvalue weighted by molar-refractivity contribution is 0.540. The quantitative estimate of drug-likeness (QED) is 0.496. The van der Waals surface area contributed by atoms with E-state index in [0.29, 0.717) is 0 Å². The number of nitrogens with zero attached hydrogens (tertiary/aromatic N) is 1. The Morgan fingerprint density at radius 2 is 1.43 bits per heavy atom. The third kappa shape index (κ3) is 2.56. The lowest BCUT2D eigenvalue weighted by Gasteiger charge is -2.33. The number of benzene rings is 1. The number of rotatable bonds is 1. The van der Waals surface area contributed by atoms with E-state index in [-0.39, 0.29) is 10.1 Å². The van der Waals surface area contributed by atoms with Crippen molar-refractivity contribution in [3.63, 3.8) is 0 Å². The number of quaternary nitrogens is 1. The molecule has 0 amide bonds. The third-order valence-corrected chi connectivity index (χ3v) is 2.36. The third-order valence-electron chi connectivity index (χ3n) is 2.36. The monoisotopic (exact) mass is 193 g/mol. The van der Waals surface area contributed by atoms with E-state index < -0.39 is 0 Å². The Kier molecular flexibility index (Phi) is 2.70. The van der Waals surface area contributed by atoms with Crippen LogP contribution in [0.15, 0.2) is 24.3 Å². The number of hydrogen-bond donors (Lipinski definition) is 0. The molecule has 0 aromatic heterocycles. The van der Waals surface area contributed by atoms with Crippen LogP contribution >= 0.6 is 0 Å². The summed E-state index contributed by atoms with van der Waals surface area (Å²) in [6, 6.07) is 7.89. The van der Waals surface area contributed by atoms with E-state index in [4.69, 9.17) is 0 Å². The summed E-state index contributed by atoms with van der Waals surface area (Å²) in [4.78, 5) is 0. The van der Waals surface area contributed by atoms with E-state index >= 15 is 0 Å². The highest BCUT2D eigenvalue weighted by molar-refractivity contribution is 5.45. The molecule has 0 unspecified atom stereocenters. The average Bonchev–Trinajstić information content (AvgIpc) is 2.01. The van der Waals surface area contributed by atoms with Crippen LogP contribution in [0.3, 0.4) is 0 Å². The van der Waals surface area contributed by atoms with Crippen LogP contribution in [-0.2, 0) is 5.41 Å². The minimum absolute atomic E-state index is 0.151. The SMILES string of the molecule is CC(C)(C)c1ccc([N+](C)(C)[O-])cc1. The highest BCUT2D eigenvalue weighted by atomic mass is 16.5. The predicted octanol–water partition coefficient (Wildman–Crippen LogP) is 3.05. The standard InChI is InChI=1S/C12H19NO/c1-12(2,3)10-6-8-11(9-7-10)13(4,5)14/h6-9H,1-5H3. The molecule has 1 rings (SSSR count). The van der Waals surface area contributed by atoms with Gasteiger partial charge in [-0.1, -0.05) is 32.9 Å². The summed E-state index contributed by atoms with van der Waals surface area (Å²) in [5.41, 5.74) is 2.20. The maximum Gasteiger partial charge on any atom is 0.132 e. The maximum absolute atomic E-state index is 11.6. The molecule has 0 saturated carbocycles. The second-order valence-corrected chi connectivity index (χ2v) is 5.15. The molecule has 0 fully saturated rings. The van der Waals surface area contributed by atoms with Crippen LogP contribution in [0.5, 0.6) is 0 Å². The molecule has 14 heavy (non-hydrogen) atoms. The molecule has 0 N–H and O–H groups in total. The van der Waals surface area contributed by atoms with Gasteiger partial charge in [-0.05, 0) is 23.1 Å². The van der Waals surface area contributed by atoms with Gasteiger partial charge in [0, 0.05) is 0 Å². The fourth-order valence-corrected chi connectivity index (χ4v) is 1.32. The van der Waals surface area contributed by atoms with Crippen molar-refractivity contribution in [1.82, 2.24) is 4.65 Å². The van der Waals surface area contributed by atoms with Gasteiger partial charge in [-0.25, -0.2) is 0 Å². The largest absolute Gasteiger partial charge is 0.628 e. The van der Waals surface area contributed by atoms with Crippen molar-refractivity contribution in [3.05, 3.63) is 35.0 Å². The highest BCUT2D eigenvalue weighted by Gasteiger charge is 2.14. The van der Waals surface area contributed by atoms with Gasteiger partial charge in [0.25, 0.3) is 0 Å². The van der Waals surface area contributed by atoms with Gasteiger partial charge in [0.2, 0.25) is 0 Å². The van der Waals surface area contributed by atoms with Crippen molar-refractivity contribution in [3.8, 4) is 0 Å². The van der Waals surface area contributed by atoms with Gasteiger partial charge in [-0.15, -0.1) is 0 Å². The Balaban J connectivity index is 3.02. The molecule has 0 aliphatic rings. The Morgan fingerprint density at radius 3 is 1.71 bits per heavy atom. The maximum atomic E-state index is 11.6. The van der Waals surface area contributed by atoms with Gasteiger partial charge in [0.05, 0.1) is 14.1 Å². The molecule has 0 aliphatic carbocycles. The first kappa shape index (κ1) is 11.2. The van der Waals surface area contributed by atoms with E-state index in [1.54, 1.807) is 14.1 Å². The second-order valence-electron chi connectivity index (χ2n) is 5.15. The van der Waals surface area contributed by atoms with Crippen molar-refractivity contribution < 1.29 is 0 Å². The van der Waals surface area contributed by atoms with E-state index in [2.05, 4.69) is 20.8 Å². The Labute approximate surface area is 86.3 Å². The van der Waals surface area contributed by atoms with Gasteiger partial charge >= 0.3 is 0 Å². The van der Waals surface area contributed by atoms with Crippen LogP contribution in [0.2, 0.25) is 0 Å². The van der Waals surface area contributed by atoms with Crippen LogP contribution in [0.4, 0.5) is 5.69 Å². The van der Waals surface area contributed by atoms with Crippen molar-refractivity contribution >= 4 is 5.69 Å². The molecule has 0 heterocycles. The van der Waals surface area contributed by atoms with Gasteiger partial charge in [-0.2, -0.15) is 0 Å². The lowest BCUT2D eigenvalue weighted by Crippen LogP contribution is -2.32. The first-order chi connectivity index (χ1) is 6.21. The molecule has 1 aromatic rings. The zero-order valence-electron chi connectivity index (χ0n) is 9.66. The summed E-state index contributed by atoms with van der Waals surface area (Å²) in [6.07, 6.45) is 0. The zero-order valence-corrected chi connectivity index (χ0v) is 9.66. The van der Waals surface area contributed by atoms with Crippen molar-refractivity contribution in [2.75, 3.05) is 14.1 Å². The Morgan fingerprint density at radius 1 is 1.00 bits per heavy atom. The highest BCUT2D eigenvalue weighted by Crippen LogP contribution is 2.25. The molecule has 0 atom stereocenters. The first-order valence-corrected chi connectivity index (χ1v) is 4.87. The normalized spacial score (nSPS) is 13.0. The second kappa shape index (κ2) is 3.37. The molecule has 0 aliphatic heterocycles. The van der Waals surface area contributed by atoms with Gasteiger partial charge in [0.1, 0.15) is 5.69 Å². The summed E-state index contributed by atoms with van der Waals surface area (Å²) in [6.45, 7) is 6.50. The fourth-order valence-electron chi connectivity index (χ4n) is 1.32. The molecule has 0 bridgehead atoms. The molecule has 78 valence electrons. The Bertz CT molecular complexity index is 268.